The highest BCUT2D eigenvalue weighted by atomic mass is 19.1. The van der Waals surface area contributed by atoms with Crippen LogP contribution in [0.25, 0.3) is 0 Å². The first-order chi connectivity index (χ1) is 7.04. The maximum absolute atomic E-state index is 13.4. The zero-order valence-electron chi connectivity index (χ0n) is 8.33. The summed E-state index contributed by atoms with van der Waals surface area (Å²) in [6.45, 7) is 1.82. The maximum atomic E-state index is 13.4. The molecular formula is C10H13FN2O2. The molecule has 5 heteroatoms. The highest BCUT2D eigenvalue weighted by molar-refractivity contribution is 5.65. The van der Waals surface area contributed by atoms with Crippen LogP contribution in [0.1, 0.15) is 17.2 Å². The van der Waals surface area contributed by atoms with Gasteiger partial charge >= 0.3 is 6.09 Å². The lowest BCUT2D eigenvalue weighted by atomic mass is 10.0. The van der Waals surface area contributed by atoms with Gasteiger partial charge in [0.25, 0.3) is 0 Å². The monoisotopic (exact) mass is 212 g/mol. The molecule has 4 nitrogen and oxygen atoms in total. The van der Waals surface area contributed by atoms with Crippen molar-refractivity contribution in [1.29, 1.82) is 0 Å². The smallest absolute Gasteiger partial charge is 0.405 e. The fourth-order valence-corrected chi connectivity index (χ4v) is 1.34. The van der Waals surface area contributed by atoms with E-state index in [4.69, 9.17) is 10.8 Å². The van der Waals surface area contributed by atoms with Crippen molar-refractivity contribution in [3.63, 3.8) is 0 Å². The summed E-state index contributed by atoms with van der Waals surface area (Å²) in [6, 6.07) is 3.80. The summed E-state index contributed by atoms with van der Waals surface area (Å²) in [7, 11) is 0. The standard InChI is InChI=1S/C10H13FN2O2/c1-6-2-3-8(11)7(4-6)9(5-12)13-10(14)15/h2-4,9,13H,5,12H2,1H3,(H,14,15). The fraction of sp³-hybridized carbons (Fsp3) is 0.300. The molecule has 1 rings (SSSR count). The molecule has 0 aliphatic heterocycles. The first kappa shape index (κ1) is 11.5. The molecular weight excluding hydrogens is 199 g/mol. The van der Waals surface area contributed by atoms with Crippen LogP contribution >= 0.6 is 0 Å². The number of halogens is 1. The van der Waals surface area contributed by atoms with Gasteiger partial charge in [-0.15, -0.1) is 0 Å². The van der Waals surface area contributed by atoms with Crippen LogP contribution in [0.5, 0.6) is 0 Å². The number of amides is 1. The number of benzene rings is 1. The van der Waals surface area contributed by atoms with Crippen molar-refractivity contribution >= 4 is 6.09 Å². The molecule has 0 bridgehead atoms. The fourth-order valence-electron chi connectivity index (χ4n) is 1.34. The minimum Gasteiger partial charge on any atom is -0.465 e. The van der Waals surface area contributed by atoms with Crippen LogP contribution in [-0.4, -0.2) is 17.7 Å². The molecule has 0 spiro atoms. The van der Waals surface area contributed by atoms with Gasteiger partial charge in [-0.05, 0) is 13.0 Å². The first-order valence-electron chi connectivity index (χ1n) is 4.50. The molecule has 0 radical (unpaired) electrons. The Kier molecular flexibility index (Phi) is 3.62. The largest absolute Gasteiger partial charge is 0.465 e. The van der Waals surface area contributed by atoms with E-state index in [0.717, 1.165) is 5.56 Å². The van der Waals surface area contributed by atoms with Gasteiger partial charge in [0.15, 0.2) is 0 Å². The average Bonchev–Trinajstić information content (AvgIpc) is 2.18. The molecule has 1 aromatic carbocycles. The second-order valence-corrected chi connectivity index (χ2v) is 3.26. The van der Waals surface area contributed by atoms with Crippen molar-refractivity contribution in [2.45, 2.75) is 13.0 Å². The second-order valence-electron chi connectivity index (χ2n) is 3.26. The van der Waals surface area contributed by atoms with Gasteiger partial charge in [-0.2, -0.15) is 0 Å². The highest BCUT2D eigenvalue weighted by Crippen LogP contribution is 2.17. The maximum Gasteiger partial charge on any atom is 0.405 e. The minimum atomic E-state index is -1.22. The van der Waals surface area contributed by atoms with E-state index in [1.807, 2.05) is 0 Å². The molecule has 1 amide bonds. The van der Waals surface area contributed by atoms with Crippen LogP contribution in [0.15, 0.2) is 18.2 Å². The van der Waals surface area contributed by atoms with Crippen LogP contribution in [0.3, 0.4) is 0 Å². The molecule has 0 saturated heterocycles. The Morgan fingerprint density at radius 3 is 2.87 bits per heavy atom. The van der Waals surface area contributed by atoms with E-state index in [2.05, 4.69) is 5.32 Å². The lowest BCUT2D eigenvalue weighted by Gasteiger charge is -2.16. The third-order valence-electron chi connectivity index (χ3n) is 2.06. The molecule has 1 aromatic rings. The predicted octanol–water partition coefficient (Wildman–Crippen LogP) is 1.40. The van der Waals surface area contributed by atoms with Gasteiger partial charge in [0, 0.05) is 12.1 Å². The topological polar surface area (TPSA) is 75.3 Å². The number of nitrogens with one attached hydrogen (secondary N) is 1. The van der Waals surface area contributed by atoms with Gasteiger partial charge in [0.2, 0.25) is 0 Å². The third-order valence-corrected chi connectivity index (χ3v) is 2.06. The molecule has 0 saturated carbocycles. The van der Waals surface area contributed by atoms with Gasteiger partial charge in [0.05, 0.1) is 6.04 Å². The Morgan fingerprint density at radius 2 is 2.33 bits per heavy atom. The number of carbonyl (C=O) groups is 1. The molecule has 1 unspecified atom stereocenters. The Bertz CT molecular complexity index is 368. The van der Waals surface area contributed by atoms with Gasteiger partial charge in [-0.1, -0.05) is 17.7 Å². The lowest BCUT2D eigenvalue weighted by Crippen LogP contribution is -2.32. The zero-order chi connectivity index (χ0) is 11.4. The summed E-state index contributed by atoms with van der Waals surface area (Å²) in [4.78, 5) is 10.4. The van der Waals surface area contributed by atoms with Crippen molar-refractivity contribution in [2.24, 2.45) is 5.73 Å². The number of hydrogen-bond donors (Lipinski definition) is 3. The minimum absolute atomic E-state index is 0.0205. The van der Waals surface area contributed by atoms with Crippen LogP contribution in [0.4, 0.5) is 9.18 Å². The summed E-state index contributed by atoms with van der Waals surface area (Å²) in [5.41, 5.74) is 6.52. The van der Waals surface area contributed by atoms with Crippen LogP contribution in [0, 0.1) is 12.7 Å². The number of nitrogens with two attached hydrogens (primary N) is 1. The van der Waals surface area contributed by atoms with E-state index in [1.54, 1.807) is 19.1 Å². The van der Waals surface area contributed by atoms with Crippen LogP contribution < -0.4 is 11.1 Å². The number of rotatable bonds is 3. The molecule has 0 aliphatic carbocycles. The van der Waals surface area contributed by atoms with Crippen molar-refractivity contribution in [2.75, 3.05) is 6.54 Å². The SMILES string of the molecule is Cc1ccc(F)c(C(CN)NC(=O)O)c1. The third kappa shape index (κ3) is 2.92. The molecule has 82 valence electrons. The van der Waals surface area contributed by atoms with Crippen molar-refractivity contribution in [3.05, 3.63) is 35.1 Å². The Labute approximate surface area is 86.9 Å². The quantitative estimate of drug-likeness (QED) is 0.708. The Morgan fingerprint density at radius 1 is 1.67 bits per heavy atom. The van der Waals surface area contributed by atoms with E-state index in [1.165, 1.54) is 6.07 Å². The average molecular weight is 212 g/mol. The molecule has 1 atom stereocenters. The highest BCUT2D eigenvalue weighted by Gasteiger charge is 2.16. The van der Waals surface area contributed by atoms with E-state index in [0.29, 0.717) is 0 Å². The van der Waals surface area contributed by atoms with E-state index in [9.17, 15) is 9.18 Å². The summed E-state index contributed by atoms with van der Waals surface area (Å²) in [5, 5.41) is 10.7. The summed E-state index contributed by atoms with van der Waals surface area (Å²) in [5.74, 6) is -0.454. The molecule has 4 N–H and O–H groups in total. The Hall–Kier alpha value is -1.62. The summed E-state index contributed by atoms with van der Waals surface area (Å²) in [6.07, 6.45) is -1.22. The zero-order valence-corrected chi connectivity index (χ0v) is 8.33. The molecule has 0 fully saturated rings. The second kappa shape index (κ2) is 4.75. The van der Waals surface area contributed by atoms with E-state index >= 15 is 0 Å². The van der Waals surface area contributed by atoms with Gasteiger partial charge in [0.1, 0.15) is 5.82 Å². The van der Waals surface area contributed by atoms with Gasteiger partial charge in [-0.25, -0.2) is 9.18 Å². The number of hydrogen-bond acceptors (Lipinski definition) is 2. The number of carboxylic acid groups (broad SMARTS) is 1. The molecule has 0 heterocycles. The first-order valence-corrected chi connectivity index (χ1v) is 4.50. The van der Waals surface area contributed by atoms with E-state index in [-0.39, 0.29) is 12.1 Å². The summed E-state index contributed by atoms with van der Waals surface area (Å²) >= 11 is 0. The molecule has 0 aromatic heterocycles. The van der Waals surface area contributed by atoms with Gasteiger partial charge in [-0.3, -0.25) is 0 Å². The van der Waals surface area contributed by atoms with Crippen molar-refractivity contribution < 1.29 is 14.3 Å². The normalized spacial score (nSPS) is 12.2. The number of aryl methyl sites for hydroxylation is 1. The lowest BCUT2D eigenvalue weighted by molar-refractivity contribution is 0.190. The summed E-state index contributed by atoms with van der Waals surface area (Å²) < 4.78 is 13.4. The van der Waals surface area contributed by atoms with Crippen molar-refractivity contribution in [3.8, 4) is 0 Å². The molecule has 15 heavy (non-hydrogen) atoms. The van der Waals surface area contributed by atoms with Crippen LogP contribution in [0.2, 0.25) is 0 Å². The van der Waals surface area contributed by atoms with Gasteiger partial charge < -0.3 is 16.2 Å². The van der Waals surface area contributed by atoms with Crippen LogP contribution in [-0.2, 0) is 0 Å². The van der Waals surface area contributed by atoms with E-state index < -0.39 is 18.0 Å². The Balaban J connectivity index is 3.00. The predicted molar refractivity (Wildman–Crippen MR) is 54.1 cm³/mol. The van der Waals surface area contributed by atoms with Crippen molar-refractivity contribution in [1.82, 2.24) is 5.32 Å². The molecule has 0 aliphatic rings.